The molecule has 0 fully saturated rings. The summed E-state index contributed by atoms with van der Waals surface area (Å²) in [6.07, 6.45) is 0.266. The maximum Gasteiger partial charge on any atom is 0.335 e. The van der Waals surface area contributed by atoms with Gasteiger partial charge in [0.05, 0.1) is 19.4 Å². The summed E-state index contributed by atoms with van der Waals surface area (Å²) in [7, 11) is -3.10. The molecule has 1 N–H and O–H groups in total. The summed E-state index contributed by atoms with van der Waals surface area (Å²) < 4.78 is 23.3. The normalized spacial score (nSPS) is 11.7. The van der Waals surface area contributed by atoms with E-state index in [-0.39, 0.29) is 11.9 Å². The number of phenols is 1. The van der Waals surface area contributed by atoms with Crippen LogP contribution in [-0.2, 0) is 19.8 Å². The lowest BCUT2D eigenvalue weighted by molar-refractivity contribution is 0.219. The minimum atomic E-state index is -3.10. The molecule has 0 aliphatic carbocycles. The van der Waals surface area contributed by atoms with E-state index in [1.807, 2.05) is 23.6 Å². The molecule has 1 aromatic carbocycles. The van der Waals surface area contributed by atoms with Crippen LogP contribution in [0, 0.1) is 0 Å². The third-order valence-electron chi connectivity index (χ3n) is 2.91. The maximum atomic E-state index is 12.6. The quantitative estimate of drug-likeness (QED) is 0.736. The predicted octanol–water partition coefficient (Wildman–Crippen LogP) is 4.89. The van der Waals surface area contributed by atoms with E-state index in [4.69, 9.17) is 9.05 Å². The molecule has 0 amide bonds. The Balaban J connectivity index is 2.27. The Morgan fingerprint density at radius 3 is 2.29 bits per heavy atom. The molecule has 4 nitrogen and oxygen atoms in total. The molecule has 6 heteroatoms. The summed E-state index contributed by atoms with van der Waals surface area (Å²) in [5, 5.41) is 11.3. The molecule has 0 saturated heterocycles. The highest BCUT2D eigenvalue weighted by molar-refractivity contribution is 7.53. The van der Waals surface area contributed by atoms with Crippen LogP contribution in [0.2, 0.25) is 0 Å². The topological polar surface area (TPSA) is 55.8 Å². The SMILES string of the molecule is CCOP(=O)(Cc1sccc1-c1ccc(O)cc1)OCC. The number of aromatic hydroxyl groups is 1. The third kappa shape index (κ3) is 4.17. The van der Waals surface area contributed by atoms with Gasteiger partial charge in [-0.05, 0) is 48.6 Å². The van der Waals surface area contributed by atoms with Gasteiger partial charge in [-0.2, -0.15) is 0 Å². The molecule has 2 aromatic rings. The molecular weight excluding hydrogens is 307 g/mol. The lowest BCUT2D eigenvalue weighted by atomic mass is 10.1. The van der Waals surface area contributed by atoms with Crippen molar-refractivity contribution in [2.75, 3.05) is 13.2 Å². The van der Waals surface area contributed by atoms with Gasteiger partial charge in [-0.15, -0.1) is 11.3 Å². The summed E-state index contributed by atoms with van der Waals surface area (Å²) in [4.78, 5) is 0.964. The average Bonchev–Trinajstić information content (AvgIpc) is 2.88. The fraction of sp³-hybridized carbons (Fsp3) is 0.333. The van der Waals surface area contributed by atoms with Crippen LogP contribution in [0.25, 0.3) is 11.1 Å². The Morgan fingerprint density at radius 2 is 1.71 bits per heavy atom. The largest absolute Gasteiger partial charge is 0.508 e. The molecule has 0 aliphatic heterocycles. The lowest BCUT2D eigenvalue weighted by Gasteiger charge is -2.17. The van der Waals surface area contributed by atoms with Crippen molar-refractivity contribution in [2.45, 2.75) is 20.0 Å². The standard InChI is InChI=1S/C15H19O4PS/c1-3-18-20(17,19-4-2)11-15-14(9-10-21-15)12-5-7-13(16)8-6-12/h5-10,16H,3-4,11H2,1-2H3. The number of rotatable bonds is 7. The summed E-state index contributed by atoms with van der Waals surface area (Å²) >= 11 is 1.53. The van der Waals surface area contributed by atoms with Gasteiger partial charge in [0.25, 0.3) is 0 Å². The van der Waals surface area contributed by atoms with E-state index in [9.17, 15) is 9.67 Å². The second kappa shape index (κ2) is 7.23. The average molecular weight is 326 g/mol. The van der Waals surface area contributed by atoms with Crippen molar-refractivity contribution < 1.29 is 18.7 Å². The second-order valence-electron chi connectivity index (χ2n) is 4.41. The van der Waals surface area contributed by atoms with Crippen LogP contribution in [0.15, 0.2) is 35.7 Å². The molecule has 1 heterocycles. The fourth-order valence-electron chi connectivity index (χ4n) is 2.06. The minimum absolute atomic E-state index is 0.227. The highest BCUT2D eigenvalue weighted by Crippen LogP contribution is 2.53. The van der Waals surface area contributed by atoms with Crippen LogP contribution in [0.4, 0.5) is 0 Å². The van der Waals surface area contributed by atoms with Crippen LogP contribution in [0.3, 0.4) is 0 Å². The van der Waals surface area contributed by atoms with Gasteiger partial charge in [-0.25, -0.2) is 0 Å². The van der Waals surface area contributed by atoms with Crippen LogP contribution >= 0.6 is 18.9 Å². The highest BCUT2D eigenvalue weighted by atomic mass is 32.1. The van der Waals surface area contributed by atoms with E-state index in [1.165, 1.54) is 11.3 Å². The van der Waals surface area contributed by atoms with E-state index >= 15 is 0 Å². The molecule has 0 radical (unpaired) electrons. The lowest BCUT2D eigenvalue weighted by Crippen LogP contribution is -1.98. The molecule has 0 saturated carbocycles. The van der Waals surface area contributed by atoms with Crippen LogP contribution in [0.5, 0.6) is 5.75 Å². The van der Waals surface area contributed by atoms with Crippen molar-refractivity contribution in [3.05, 3.63) is 40.6 Å². The monoisotopic (exact) mass is 326 g/mol. The van der Waals surface area contributed by atoms with Crippen molar-refractivity contribution in [1.82, 2.24) is 0 Å². The van der Waals surface area contributed by atoms with Gasteiger partial charge < -0.3 is 14.2 Å². The zero-order valence-corrected chi connectivity index (χ0v) is 13.8. The van der Waals surface area contributed by atoms with Crippen LogP contribution in [0.1, 0.15) is 18.7 Å². The van der Waals surface area contributed by atoms with E-state index in [0.717, 1.165) is 16.0 Å². The molecule has 0 unspecified atom stereocenters. The van der Waals surface area contributed by atoms with Gasteiger partial charge in [-0.1, -0.05) is 12.1 Å². The van der Waals surface area contributed by atoms with Crippen molar-refractivity contribution >= 4 is 18.9 Å². The van der Waals surface area contributed by atoms with Crippen molar-refractivity contribution in [1.29, 1.82) is 0 Å². The molecule has 0 aliphatic rings. The van der Waals surface area contributed by atoms with Gasteiger partial charge in [-0.3, -0.25) is 4.57 Å². The molecule has 114 valence electrons. The summed E-state index contributed by atoms with van der Waals surface area (Å²) in [5.41, 5.74) is 1.98. The molecule has 0 atom stereocenters. The zero-order chi connectivity index (χ0) is 15.3. The molecule has 2 rings (SSSR count). The number of hydrogen-bond acceptors (Lipinski definition) is 5. The smallest absolute Gasteiger partial charge is 0.335 e. The van der Waals surface area contributed by atoms with Crippen molar-refractivity contribution in [3.8, 4) is 16.9 Å². The van der Waals surface area contributed by atoms with Crippen LogP contribution < -0.4 is 0 Å². The molecule has 0 spiro atoms. The Hall–Kier alpha value is -1.13. The Bertz CT molecular complexity index is 611. The summed E-state index contributed by atoms with van der Waals surface area (Å²) in [6, 6.07) is 8.94. The van der Waals surface area contributed by atoms with Gasteiger partial charge >= 0.3 is 7.60 Å². The Labute approximate surface area is 128 Å². The van der Waals surface area contributed by atoms with E-state index in [1.54, 1.807) is 26.0 Å². The maximum absolute atomic E-state index is 12.6. The molecule has 0 bridgehead atoms. The fourth-order valence-corrected chi connectivity index (χ4v) is 5.08. The van der Waals surface area contributed by atoms with Crippen LogP contribution in [-0.4, -0.2) is 18.3 Å². The number of benzene rings is 1. The second-order valence-corrected chi connectivity index (χ2v) is 7.46. The predicted molar refractivity (Wildman–Crippen MR) is 86.0 cm³/mol. The van der Waals surface area contributed by atoms with Gasteiger partial charge in [0.1, 0.15) is 5.75 Å². The van der Waals surface area contributed by atoms with Crippen molar-refractivity contribution in [2.24, 2.45) is 0 Å². The molecule has 21 heavy (non-hydrogen) atoms. The first-order chi connectivity index (χ1) is 10.1. The minimum Gasteiger partial charge on any atom is -0.508 e. The van der Waals surface area contributed by atoms with Gasteiger partial charge in [0.15, 0.2) is 0 Å². The highest BCUT2D eigenvalue weighted by Gasteiger charge is 2.26. The molecular formula is C15H19O4PS. The Morgan fingerprint density at radius 1 is 1.10 bits per heavy atom. The van der Waals surface area contributed by atoms with Gasteiger partial charge in [0, 0.05) is 4.88 Å². The zero-order valence-electron chi connectivity index (χ0n) is 12.1. The first-order valence-electron chi connectivity index (χ1n) is 6.82. The first-order valence-corrected chi connectivity index (χ1v) is 9.42. The first kappa shape index (κ1) is 16.2. The number of phenolic OH excluding ortho intramolecular Hbond substituents is 1. The van der Waals surface area contributed by atoms with E-state index in [0.29, 0.717) is 13.2 Å². The number of hydrogen-bond donors (Lipinski definition) is 1. The Kier molecular flexibility index (Phi) is 5.59. The van der Waals surface area contributed by atoms with Gasteiger partial charge in [0.2, 0.25) is 0 Å². The van der Waals surface area contributed by atoms with E-state index < -0.39 is 7.60 Å². The third-order valence-corrected chi connectivity index (χ3v) is 6.05. The number of thiophene rings is 1. The molecule has 1 aromatic heterocycles. The summed E-state index contributed by atoms with van der Waals surface area (Å²) in [5.74, 6) is 0.227. The van der Waals surface area contributed by atoms with Crippen molar-refractivity contribution in [3.63, 3.8) is 0 Å². The van der Waals surface area contributed by atoms with E-state index in [2.05, 4.69) is 0 Å². The summed E-state index contributed by atoms with van der Waals surface area (Å²) in [6.45, 7) is 4.33.